The van der Waals surface area contributed by atoms with Gasteiger partial charge in [-0.05, 0) is 49.6 Å². The molecule has 0 aromatic heterocycles. The van der Waals surface area contributed by atoms with Crippen molar-refractivity contribution in [3.8, 4) is 0 Å². The molecule has 0 aromatic rings. The highest BCUT2D eigenvalue weighted by molar-refractivity contribution is 4.80. The lowest BCUT2D eigenvalue weighted by Crippen LogP contribution is -2.36. The first-order valence-corrected chi connectivity index (χ1v) is 7.34. The quantitative estimate of drug-likeness (QED) is 0.738. The van der Waals surface area contributed by atoms with Crippen LogP contribution in [0.3, 0.4) is 0 Å². The first-order chi connectivity index (χ1) is 8.15. The summed E-state index contributed by atoms with van der Waals surface area (Å²) in [5.74, 6) is 3.20. The number of hydrogen-bond donors (Lipinski definition) is 1. The van der Waals surface area contributed by atoms with Gasteiger partial charge in [-0.15, -0.1) is 0 Å². The van der Waals surface area contributed by atoms with Gasteiger partial charge in [-0.1, -0.05) is 33.6 Å². The highest BCUT2D eigenvalue weighted by Gasteiger charge is 2.28. The number of hydrogen-bond acceptors (Lipinski definition) is 2. The van der Waals surface area contributed by atoms with Crippen LogP contribution in [0.15, 0.2) is 0 Å². The molecule has 0 aliphatic heterocycles. The predicted octanol–water partition coefficient (Wildman–Crippen LogP) is 3.32. The number of rotatable bonds is 7. The van der Waals surface area contributed by atoms with Crippen molar-refractivity contribution < 1.29 is 4.74 Å². The Hall–Kier alpha value is -0.0800. The molecular formula is C15H31NO. The maximum absolute atomic E-state index is 5.33. The Morgan fingerprint density at radius 2 is 1.88 bits per heavy atom. The molecule has 1 fully saturated rings. The van der Waals surface area contributed by atoms with Crippen molar-refractivity contribution >= 4 is 0 Å². The van der Waals surface area contributed by atoms with E-state index in [2.05, 4.69) is 26.1 Å². The molecule has 1 aliphatic carbocycles. The largest absolute Gasteiger partial charge is 0.384 e. The van der Waals surface area contributed by atoms with E-state index in [1.54, 1.807) is 0 Å². The molecule has 17 heavy (non-hydrogen) atoms. The van der Waals surface area contributed by atoms with E-state index in [0.717, 1.165) is 30.9 Å². The fourth-order valence-electron chi connectivity index (χ4n) is 3.18. The van der Waals surface area contributed by atoms with Crippen LogP contribution >= 0.6 is 0 Å². The van der Waals surface area contributed by atoms with E-state index in [9.17, 15) is 0 Å². The molecule has 0 amide bonds. The topological polar surface area (TPSA) is 21.3 Å². The summed E-state index contributed by atoms with van der Waals surface area (Å²) in [5, 5.41) is 3.64. The van der Waals surface area contributed by atoms with Crippen molar-refractivity contribution in [1.82, 2.24) is 5.32 Å². The smallest absolute Gasteiger partial charge is 0.0490 e. The van der Waals surface area contributed by atoms with Gasteiger partial charge in [0.1, 0.15) is 0 Å². The molecule has 1 aliphatic rings. The molecule has 102 valence electrons. The summed E-state index contributed by atoms with van der Waals surface area (Å²) in [6, 6.07) is 0. The van der Waals surface area contributed by atoms with Gasteiger partial charge < -0.3 is 10.1 Å². The molecule has 1 saturated carbocycles. The zero-order valence-electron chi connectivity index (χ0n) is 12.2. The molecule has 1 N–H and O–H groups in total. The van der Waals surface area contributed by atoms with E-state index in [-0.39, 0.29) is 0 Å². The minimum Gasteiger partial charge on any atom is -0.384 e. The molecule has 0 bridgehead atoms. The fourth-order valence-corrected chi connectivity index (χ4v) is 3.18. The third kappa shape index (κ3) is 5.39. The van der Waals surface area contributed by atoms with Gasteiger partial charge in [0.2, 0.25) is 0 Å². The minimum atomic E-state index is 0.714. The van der Waals surface area contributed by atoms with Gasteiger partial charge in [-0.2, -0.15) is 0 Å². The molecule has 0 radical (unpaired) electrons. The molecule has 0 heterocycles. The van der Waals surface area contributed by atoms with Gasteiger partial charge in [0, 0.05) is 13.7 Å². The van der Waals surface area contributed by atoms with Crippen LogP contribution in [0.1, 0.15) is 46.5 Å². The van der Waals surface area contributed by atoms with Crippen LogP contribution in [0.2, 0.25) is 0 Å². The van der Waals surface area contributed by atoms with E-state index in [4.69, 9.17) is 4.74 Å². The highest BCUT2D eigenvalue weighted by Crippen LogP contribution is 2.34. The Kier molecular flexibility index (Phi) is 7.14. The summed E-state index contributed by atoms with van der Waals surface area (Å²) in [6.07, 6.45) is 5.64. The van der Waals surface area contributed by atoms with Crippen LogP contribution in [-0.2, 0) is 4.74 Å². The van der Waals surface area contributed by atoms with Crippen molar-refractivity contribution in [2.75, 3.05) is 26.8 Å². The second-order valence-corrected chi connectivity index (χ2v) is 6.19. The van der Waals surface area contributed by atoms with Crippen molar-refractivity contribution in [1.29, 1.82) is 0 Å². The first-order valence-electron chi connectivity index (χ1n) is 7.34. The lowest BCUT2D eigenvalue weighted by atomic mass is 9.73. The summed E-state index contributed by atoms with van der Waals surface area (Å²) >= 11 is 0. The lowest BCUT2D eigenvalue weighted by Gasteiger charge is -2.36. The third-order valence-electron chi connectivity index (χ3n) is 4.09. The molecule has 2 heteroatoms. The van der Waals surface area contributed by atoms with Gasteiger partial charge in [-0.25, -0.2) is 0 Å². The SMILES string of the molecule is COCC(C)C1CCCCC1CNCC(C)C. The number of methoxy groups -OCH3 is 1. The molecule has 1 rings (SSSR count). The van der Waals surface area contributed by atoms with Crippen LogP contribution in [0.25, 0.3) is 0 Å². The summed E-state index contributed by atoms with van der Waals surface area (Å²) in [6.45, 7) is 10.2. The lowest BCUT2D eigenvalue weighted by molar-refractivity contribution is 0.0833. The van der Waals surface area contributed by atoms with Crippen LogP contribution in [0, 0.1) is 23.7 Å². The third-order valence-corrected chi connectivity index (χ3v) is 4.09. The van der Waals surface area contributed by atoms with Gasteiger partial charge in [-0.3, -0.25) is 0 Å². The molecule has 3 atom stereocenters. The zero-order chi connectivity index (χ0) is 12.7. The monoisotopic (exact) mass is 241 g/mol. The van der Waals surface area contributed by atoms with Crippen LogP contribution < -0.4 is 5.32 Å². The fraction of sp³-hybridized carbons (Fsp3) is 1.00. The summed E-state index contributed by atoms with van der Waals surface area (Å²) in [5.41, 5.74) is 0. The second-order valence-electron chi connectivity index (χ2n) is 6.19. The number of ether oxygens (including phenoxy) is 1. The van der Waals surface area contributed by atoms with Crippen molar-refractivity contribution in [3.05, 3.63) is 0 Å². The average molecular weight is 241 g/mol. The van der Waals surface area contributed by atoms with Crippen molar-refractivity contribution in [2.45, 2.75) is 46.5 Å². The van der Waals surface area contributed by atoms with Crippen molar-refractivity contribution in [3.63, 3.8) is 0 Å². The Balaban J connectivity index is 2.36. The second kappa shape index (κ2) is 8.10. The van der Waals surface area contributed by atoms with E-state index < -0.39 is 0 Å². The Morgan fingerprint density at radius 1 is 1.18 bits per heavy atom. The first kappa shape index (κ1) is 15.0. The molecular weight excluding hydrogens is 210 g/mol. The van der Waals surface area contributed by atoms with Crippen LogP contribution in [0.5, 0.6) is 0 Å². The maximum atomic E-state index is 5.33. The predicted molar refractivity (Wildman–Crippen MR) is 74.2 cm³/mol. The highest BCUT2D eigenvalue weighted by atomic mass is 16.5. The van der Waals surface area contributed by atoms with Gasteiger partial charge >= 0.3 is 0 Å². The molecule has 2 nitrogen and oxygen atoms in total. The van der Waals surface area contributed by atoms with E-state index >= 15 is 0 Å². The molecule has 0 spiro atoms. The van der Waals surface area contributed by atoms with Crippen LogP contribution in [-0.4, -0.2) is 26.8 Å². The summed E-state index contributed by atoms with van der Waals surface area (Å²) < 4.78 is 5.33. The molecule has 0 aromatic carbocycles. The normalized spacial score (nSPS) is 27.4. The maximum Gasteiger partial charge on any atom is 0.0490 e. The van der Waals surface area contributed by atoms with Gasteiger partial charge in [0.05, 0.1) is 0 Å². The Bertz CT molecular complexity index is 193. The molecule has 0 saturated heterocycles. The zero-order valence-corrected chi connectivity index (χ0v) is 12.2. The standard InChI is InChI=1S/C15H31NO/c1-12(2)9-16-10-14-7-5-6-8-15(14)13(3)11-17-4/h12-16H,5-11H2,1-4H3. The van der Waals surface area contributed by atoms with E-state index in [1.165, 1.54) is 32.2 Å². The van der Waals surface area contributed by atoms with Gasteiger partial charge in [0.25, 0.3) is 0 Å². The number of nitrogens with one attached hydrogen (secondary N) is 1. The van der Waals surface area contributed by atoms with Crippen molar-refractivity contribution in [2.24, 2.45) is 23.7 Å². The van der Waals surface area contributed by atoms with Crippen LogP contribution in [0.4, 0.5) is 0 Å². The molecule has 3 unspecified atom stereocenters. The Morgan fingerprint density at radius 3 is 2.53 bits per heavy atom. The van der Waals surface area contributed by atoms with E-state index in [0.29, 0.717) is 5.92 Å². The Labute approximate surface area is 108 Å². The van der Waals surface area contributed by atoms with E-state index in [1.807, 2.05) is 7.11 Å². The van der Waals surface area contributed by atoms with Gasteiger partial charge in [0.15, 0.2) is 0 Å². The summed E-state index contributed by atoms with van der Waals surface area (Å²) in [7, 11) is 1.82. The average Bonchev–Trinajstić information content (AvgIpc) is 2.29. The summed E-state index contributed by atoms with van der Waals surface area (Å²) in [4.78, 5) is 0. The minimum absolute atomic E-state index is 0.714.